The summed E-state index contributed by atoms with van der Waals surface area (Å²) < 4.78 is 12.1. The van der Waals surface area contributed by atoms with Gasteiger partial charge in [-0.25, -0.2) is 0 Å². The first-order valence-electron chi connectivity index (χ1n) is 25.2. The van der Waals surface area contributed by atoms with E-state index in [0.717, 1.165) is 61.4 Å². The topological polar surface area (TPSA) is 24.6 Å². The Hall–Kier alpha value is -8.06. The number of nitrogens with zero attached hydrogens (tertiary/aromatic N) is 3. The molecule has 6 heteroatoms. The van der Waals surface area contributed by atoms with Gasteiger partial charge in [-0.2, -0.15) is 0 Å². The molecule has 15 rings (SSSR count). The van der Waals surface area contributed by atoms with Gasteiger partial charge in [0.1, 0.15) is 11.2 Å². The van der Waals surface area contributed by atoms with Crippen molar-refractivity contribution in [1.82, 2.24) is 4.57 Å². The standard InChI is InChI=1S/C66H50BN3OS/c1-38-30-54(39-16-10-8-11-17-39)68(42-18-12-9-13-19-42)56-37-58-53(32-48(38)56)67-63-46(28-29-47-50-36-62-52(34-55(50)69(58)64(47)63)45-20-14-15-21-61(45)72-62)49-35-60-51(44-27-24-41(66(5,6)7)31-59(44)71-60)33-57(49)70(67)43-25-22-40(23-26-43)65(2,3)4/h8-37H,1H2,2-7H3. The Morgan fingerprint density at radius 2 is 1.21 bits per heavy atom. The minimum atomic E-state index is -0.184. The molecule has 9 aromatic carbocycles. The van der Waals surface area contributed by atoms with Crippen molar-refractivity contribution < 1.29 is 4.42 Å². The lowest BCUT2D eigenvalue weighted by molar-refractivity contribution is 0.587. The number of fused-ring (bicyclic) bond motifs is 15. The summed E-state index contributed by atoms with van der Waals surface area (Å²) in [5.41, 5.74) is 21.9. The smallest absolute Gasteiger partial charge is 0.333 e. The van der Waals surface area contributed by atoms with Crippen LogP contribution in [0.5, 0.6) is 0 Å². The van der Waals surface area contributed by atoms with Gasteiger partial charge in [0.2, 0.25) is 0 Å². The van der Waals surface area contributed by atoms with Crippen LogP contribution in [0.25, 0.3) is 92.0 Å². The third-order valence-electron chi connectivity index (χ3n) is 15.9. The quantitative estimate of drug-likeness (QED) is 0.165. The van der Waals surface area contributed by atoms with Crippen LogP contribution >= 0.6 is 11.3 Å². The number of aromatic nitrogens is 1. The fourth-order valence-corrected chi connectivity index (χ4v) is 13.5. The van der Waals surface area contributed by atoms with Crippen molar-refractivity contribution in [3.63, 3.8) is 0 Å². The Morgan fingerprint density at radius 3 is 1.99 bits per heavy atom. The molecule has 12 aromatic rings. The van der Waals surface area contributed by atoms with Crippen molar-refractivity contribution in [3.8, 4) is 16.8 Å². The maximum absolute atomic E-state index is 6.91. The highest BCUT2D eigenvalue weighted by atomic mass is 32.1. The molecule has 0 spiro atoms. The SMILES string of the molecule is C=C1C=C(c2ccccc2)N(c2ccccc2)c2cc3c(cc21)B1c2c(ccc4c5cc6sc7ccccc7c6cc5n-3c24)-c2cc3oc4cc(C(C)(C)C)ccc4c3cc2N1c1ccc(C(C)(C)C)cc1. The van der Waals surface area contributed by atoms with Crippen LogP contribution in [0, 0.1) is 0 Å². The molecule has 6 heterocycles. The third-order valence-corrected chi connectivity index (χ3v) is 17.1. The zero-order chi connectivity index (χ0) is 48.5. The summed E-state index contributed by atoms with van der Waals surface area (Å²) in [7, 11) is 0. The van der Waals surface area contributed by atoms with Crippen molar-refractivity contribution >= 4 is 127 Å². The van der Waals surface area contributed by atoms with E-state index < -0.39 is 0 Å². The molecule has 0 atom stereocenters. The van der Waals surface area contributed by atoms with Crippen LogP contribution in [0.3, 0.4) is 0 Å². The molecule has 3 aliphatic rings. The first-order valence-corrected chi connectivity index (χ1v) is 26.0. The van der Waals surface area contributed by atoms with E-state index in [4.69, 9.17) is 11.0 Å². The Kier molecular flexibility index (Phi) is 8.41. The van der Waals surface area contributed by atoms with E-state index in [9.17, 15) is 0 Å². The molecule has 0 saturated carbocycles. The monoisotopic (exact) mass is 943 g/mol. The minimum Gasteiger partial charge on any atom is -0.456 e. The predicted molar refractivity (Wildman–Crippen MR) is 309 cm³/mol. The number of hydrogen-bond acceptors (Lipinski definition) is 4. The summed E-state index contributed by atoms with van der Waals surface area (Å²) >= 11 is 1.89. The van der Waals surface area contributed by atoms with Gasteiger partial charge in [0, 0.05) is 75.6 Å². The summed E-state index contributed by atoms with van der Waals surface area (Å²) in [5, 5.41) is 7.37. The molecule has 72 heavy (non-hydrogen) atoms. The zero-order valence-corrected chi connectivity index (χ0v) is 42.1. The van der Waals surface area contributed by atoms with Crippen molar-refractivity contribution in [1.29, 1.82) is 0 Å². The molecule has 344 valence electrons. The summed E-state index contributed by atoms with van der Waals surface area (Å²) in [6.07, 6.45) is 2.28. The Morgan fingerprint density at radius 1 is 0.500 bits per heavy atom. The second kappa shape index (κ2) is 14.5. The zero-order valence-electron chi connectivity index (χ0n) is 41.3. The molecular formula is C66H50BN3OS. The number of benzene rings is 9. The van der Waals surface area contributed by atoms with Gasteiger partial charge in [0.05, 0.1) is 22.4 Å². The number of thiophene rings is 1. The van der Waals surface area contributed by atoms with Crippen LogP contribution in [-0.4, -0.2) is 11.4 Å². The van der Waals surface area contributed by atoms with Gasteiger partial charge >= 0.3 is 6.85 Å². The molecule has 0 amide bonds. The number of para-hydroxylation sites is 1. The van der Waals surface area contributed by atoms with Crippen LogP contribution in [-0.2, 0) is 10.8 Å². The molecule has 0 bridgehead atoms. The lowest BCUT2D eigenvalue weighted by Crippen LogP contribution is -2.60. The van der Waals surface area contributed by atoms with Gasteiger partial charge in [0.25, 0.3) is 0 Å². The largest absolute Gasteiger partial charge is 0.456 e. The molecule has 0 fully saturated rings. The van der Waals surface area contributed by atoms with Crippen molar-refractivity contribution in [2.75, 3.05) is 9.71 Å². The predicted octanol–water partition coefficient (Wildman–Crippen LogP) is 17.1. The van der Waals surface area contributed by atoms with E-state index >= 15 is 0 Å². The summed E-state index contributed by atoms with van der Waals surface area (Å²) in [6, 6.07) is 66.1. The highest BCUT2D eigenvalue weighted by Gasteiger charge is 2.45. The van der Waals surface area contributed by atoms with Gasteiger partial charge in [-0.3, -0.25) is 0 Å². The second-order valence-corrected chi connectivity index (χ2v) is 23.3. The van der Waals surface area contributed by atoms with Gasteiger partial charge in [-0.05, 0) is 122 Å². The molecule has 0 saturated heterocycles. The normalized spacial score (nSPS) is 14.3. The fourth-order valence-electron chi connectivity index (χ4n) is 12.3. The van der Waals surface area contributed by atoms with E-state index in [2.05, 4.69) is 238 Å². The first-order chi connectivity index (χ1) is 34.9. The van der Waals surface area contributed by atoms with E-state index in [0.29, 0.717) is 0 Å². The lowest BCUT2D eigenvalue weighted by Gasteiger charge is -2.43. The summed E-state index contributed by atoms with van der Waals surface area (Å²) in [4.78, 5) is 5.10. The Balaban J connectivity index is 1.08. The van der Waals surface area contributed by atoms with Crippen molar-refractivity contribution in [2.24, 2.45) is 0 Å². The van der Waals surface area contributed by atoms with Crippen LogP contribution in [0.2, 0.25) is 0 Å². The van der Waals surface area contributed by atoms with Gasteiger partial charge < -0.3 is 18.7 Å². The number of rotatable bonds is 3. The molecule has 0 N–H and O–H groups in total. The average Bonchev–Trinajstić information content (AvgIpc) is 4.05. The van der Waals surface area contributed by atoms with E-state index in [-0.39, 0.29) is 17.7 Å². The number of hydrogen-bond donors (Lipinski definition) is 0. The summed E-state index contributed by atoms with van der Waals surface area (Å²) in [6.45, 7) is 18.4. The van der Waals surface area contributed by atoms with Crippen LogP contribution < -0.4 is 20.6 Å². The van der Waals surface area contributed by atoms with Gasteiger partial charge in [-0.1, -0.05) is 157 Å². The number of furan rings is 1. The number of allylic oxidation sites excluding steroid dienone is 2. The molecule has 4 nitrogen and oxygen atoms in total. The lowest BCUT2D eigenvalue weighted by atomic mass is 9.43. The third kappa shape index (κ3) is 5.81. The molecule has 0 aliphatic carbocycles. The number of anilines is 4. The maximum Gasteiger partial charge on any atom is 0.333 e. The maximum atomic E-state index is 6.91. The average molecular weight is 944 g/mol. The van der Waals surface area contributed by atoms with E-state index in [1.165, 1.54) is 86.5 Å². The van der Waals surface area contributed by atoms with E-state index in [1.54, 1.807) is 0 Å². The fraction of sp³-hybridized carbons (Fsp3) is 0.121. The molecule has 0 unspecified atom stereocenters. The highest BCUT2D eigenvalue weighted by Crippen LogP contribution is 2.51. The molecule has 0 radical (unpaired) electrons. The van der Waals surface area contributed by atoms with Crippen LogP contribution in [0.15, 0.2) is 193 Å². The van der Waals surface area contributed by atoms with Crippen LogP contribution in [0.4, 0.5) is 22.7 Å². The Labute approximate surface area is 423 Å². The van der Waals surface area contributed by atoms with Gasteiger partial charge in [-0.15, -0.1) is 11.3 Å². The van der Waals surface area contributed by atoms with Crippen molar-refractivity contribution in [3.05, 3.63) is 211 Å². The first kappa shape index (κ1) is 41.7. The van der Waals surface area contributed by atoms with Gasteiger partial charge in [0.15, 0.2) is 0 Å². The van der Waals surface area contributed by atoms with Crippen molar-refractivity contribution in [2.45, 2.75) is 52.4 Å². The highest BCUT2D eigenvalue weighted by molar-refractivity contribution is 7.25. The second-order valence-electron chi connectivity index (χ2n) is 22.2. The molecule has 3 aliphatic heterocycles. The molecular weight excluding hydrogens is 894 g/mol. The molecule has 3 aromatic heterocycles. The Bertz CT molecular complexity index is 4370. The minimum absolute atomic E-state index is 0.00148. The van der Waals surface area contributed by atoms with Crippen LogP contribution in [0.1, 0.15) is 63.8 Å². The summed E-state index contributed by atoms with van der Waals surface area (Å²) in [5.74, 6) is 0. The van der Waals surface area contributed by atoms with E-state index in [1.807, 2.05) is 11.3 Å².